The second-order valence-electron chi connectivity index (χ2n) is 8.76. The summed E-state index contributed by atoms with van der Waals surface area (Å²) in [5, 5.41) is 9.74. The zero-order valence-electron chi connectivity index (χ0n) is 19.5. The van der Waals surface area contributed by atoms with Crippen LogP contribution in [0.5, 0.6) is 11.5 Å². The number of aliphatic imine (C=N–C) groups is 1. The molecule has 3 N–H and O–H groups in total. The van der Waals surface area contributed by atoms with E-state index in [0.717, 1.165) is 56.0 Å². The molecule has 1 amide bonds. The molecule has 1 aromatic rings. The monoisotopic (exact) mass is 446 g/mol. The first-order chi connectivity index (χ1) is 15.6. The molecule has 8 heteroatoms. The maximum absolute atomic E-state index is 11.9. The highest BCUT2D eigenvalue weighted by Gasteiger charge is 2.22. The average molecular weight is 447 g/mol. The van der Waals surface area contributed by atoms with Crippen LogP contribution in [0.15, 0.2) is 23.2 Å². The van der Waals surface area contributed by atoms with Crippen molar-refractivity contribution in [3.63, 3.8) is 0 Å². The number of rotatable bonds is 12. The summed E-state index contributed by atoms with van der Waals surface area (Å²) in [6, 6.07) is 6.22. The predicted octanol–water partition coefficient (Wildman–Crippen LogP) is 3.33. The Morgan fingerprint density at radius 2 is 2.00 bits per heavy atom. The fourth-order valence-corrected chi connectivity index (χ4v) is 3.18. The molecule has 0 saturated heterocycles. The quantitative estimate of drug-likeness (QED) is 0.259. The van der Waals surface area contributed by atoms with E-state index in [1.807, 2.05) is 18.2 Å². The molecule has 0 aromatic heterocycles. The summed E-state index contributed by atoms with van der Waals surface area (Å²) in [5.74, 6) is 2.86. The van der Waals surface area contributed by atoms with Crippen LogP contribution in [0.1, 0.15) is 52.4 Å². The van der Waals surface area contributed by atoms with Gasteiger partial charge in [-0.25, -0.2) is 0 Å². The van der Waals surface area contributed by atoms with Crippen LogP contribution in [0.2, 0.25) is 0 Å². The minimum absolute atomic E-state index is 0.121. The van der Waals surface area contributed by atoms with Crippen molar-refractivity contribution < 1.29 is 19.0 Å². The molecule has 8 nitrogen and oxygen atoms in total. The fraction of sp³-hybridized carbons (Fsp3) is 0.667. The molecule has 3 rings (SSSR count). The standard InChI is InChI=1S/C24H38N4O4/c1-18(2)17-30-13-4-12-26-24(25-11-3-6-23(29)27-19-7-8-19)28-20-9-10-21-22(16-20)32-15-5-14-31-21/h9-10,16,18-19H,3-8,11-15,17H2,1-2H3,(H,27,29)(H2,25,26,28). The molecule has 0 bridgehead atoms. The van der Waals surface area contributed by atoms with Gasteiger partial charge in [-0.05, 0) is 43.7 Å². The van der Waals surface area contributed by atoms with Crippen molar-refractivity contribution in [2.45, 2.75) is 58.4 Å². The minimum atomic E-state index is 0.121. The van der Waals surface area contributed by atoms with Gasteiger partial charge in [-0.15, -0.1) is 0 Å². The number of nitrogens with zero attached hydrogens (tertiary/aromatic N) is 1. The van der Waals surface area contributed by atoms with E-state index < -0.39 is 0 Å². The fourth-order valence-electron chi connectivity index (χ4n) is 3.18. The molecule has 2 aliphatic rings. The van der Waals surface area contributed by atoms with Gasteiger partial charge in [-0.2, -0.15) is 0 Å². The molecule has 0 atom stereocenters. The van der Waals surface area contributed by atoms with Gasteiger partial charge in [0.2, 0.25) is 5.91 Å². The number of carbonyl (C=O) groups is 1. The summed E-state index contributed by atoms with van der Waals surface area (Å²) >= 11 is 0. The lowest BCUT2D eigenvalue weighted by Crippen LogP contribution is -2.32. The average Bonchev–Trinajstić information content (AvgIpc) is 3.60. The number of benzene rings is 1. The molecule has 1 heterocycles. The highest BCUT2D eigenvalue weighted by Crippen LogP contribution is 2.32. The van der Waals surface area contributed by atoms with E-state index in [1.54, 1.807) is 0 Å². The number of anilines is 1. The van der Waals surface area contributed by atoms with Crippen LogP contribution in [0.4, 0.5) is 5.69 Å². The van der Waals surface area contributed by atoms with Gasteiger partial charge in [-0.3, -0.25) is 9.79 Å². The number of guanidine groups is 1. The normalized spacial score (nSPS) is 15.9. The zero-order valence-corrected chi connectivity index (χ0v) is 19.5. The zero-order chi connectivity index (χ0) is 22.6. The third kappa shape index (κ3) is 9.34. The van der Waals surface area contributed by atoms with Gasteiger partial charge in [0.25, 0.3) is 0 Å². The molecule has 0 unspecified atom stereocenters. The van der Waals surface area contributed by atoms with Gasteiger partial charge >= 0.3 is 0 Å². The molecule has 1 fully saturated rings. The topological polar surface area (TPSA) is 93.2 Å². The van der Waals surface area contributed by atoms with Crippen LogP contribution >= 0.6 is 0 Å². The lowest BCUT2D eigenvalue weighted by molar-refractivity contribution is -0.121. The Hall–Kier alpha value is -2.48. The van der Waals surface area contributed by atoms with Gasteiger partial charge in [0.15, 0.2) is 17.5 Å². The highest BCUT2D eigenvalue weighted by atomic mass is 16.5. The lowest BCUT2D eigenvalue weighted by atomic mass is 10.2. The van der Waals surface area contributed by atoms with Gasteiger partial charge in [0, 0.05) is 56.9 Å². The number of ether oxygens (including phenoxy) is 3. The first-order valence-electron chi connectivity index (χ1n) is 11.9. The van der Waals surface area contributed by atoms with Crippen LogP contribution < -0.4 is 25.4 Å². The van der Waals surface area contributed by atoms with E-state index in [-0.39, 0.29) is 5.91 Å². The van der Waals surface area contributed by atoms with Crippen molar-refractivity contribution in [3.8, 4) is 11.5 Å². The summed E-state index contributed by atoms with van der Waals surface area (Å²) < 4.78 is 17.2. The van der Waals surface area contributed by atoms with Crippen molar-refractivity contribution >= 4 is 17.6 Å². The van der Waals surface area contributed by atoms with Crippen LogP contribution in [-0.2, 0) is 9.53 Å². The summed E-state index contributed by atoms with van der Waals surface area (Å²) in [5.41, 5.74) is 0.878. The molecule has 1 aliphatic heterocycles. The molecule has 178 valence electrons. The Balaban J connectivity index is 1.50. The van der Waals surface area contributed by atoms with Gasteiger partial charge in [0.1, 0.15) is 0 Å². The van der Waals surface area contributed by atoms with Crippen molar-refractivity contribution in [2.24, 2.45) is 10.9 Å². The maximum atomic E-state index is 11.9. The minimum Gasteiger partial charge on any atom is -0.490 e. The molecule has 1 saturated carbocycles. The van der Waals surface area contributed by atoms with Crippen molar-refractivity contribution in [1.29, 1.82) is 0 Å². The van der Waals surface area contributed by atoms with Crippen molar-refractivity contribution in [2.75, 3.05) is 44.8 Å². The van der Waals surface area contributed by atoms with E-state index in [2.05, 4.69) is 34.8 Å². The molecule has 0 radical (unpaired) electrons. The number of nitrogens with one attached hydrogen (secondary N) is 3. The van der Waals surface area contributed by atoms with Crippen molar-refractivity contribution in [1.82, 2.24) is 10.6 Å². The summed E-state index contributed by atoms with van der Waals surface area (Å²) in [6.07, 6.45) is 5.19. The molecule has 1 aliphatic carbocycles. The van der Waals surface area contributed by atoms with Gasteiger partial charge in [0.05, 0.1) is 13.2 Å². The number of hydrogen-bond donors (Lipinski definition) is 3. The molecule has 1 aromatic carbocycles. The van der Waals surface area contributed by atoms with E-state index in [1.165, 1.54) is 0 Å². The Morgan fingerprint density at radius 3 is 2.78 bits per heavy atom. The summed E-state index contributed by atoms with van der Waals surface area (Å²) in [7, 11) is 0. The predicted molar refractivity (Wildman–Crippen MR) is 127 cm³/mol. The lowest BCUT2D eigenvalue weighted by Gasteiger charge is -2.15. The van der Waals surface area contributed by atoms with E-state index in [9.17, 15) is 4.79 Å². The smallest absolute Gasteiger partial charge is 0.220 e. The maximum Gasteiger partial charge on any atom is 0.220 e. The van der Waals surface area contributed by atoms with Gasteiger partial charge in [-0.1, -0.05) is 13.8 Å². The highest BCUT2D eigenvalue weighted by molar-refractivity contribution is 5.94. The van der Waals surface area contributed by atoms with Gasteiger partial charge < -0.3 is 30.2 Å². The number of amides is 1. The molecule has 0 spiro atoms. The third-order valence-corrected chi connectivity index (χ3v) is 4.99. The summed E-state index contributed by atoms with van der Waals surface area (Å²) in [6.45, 7) is 8.41. The Kier molecular flexibility index (Phi) is 9.94. The van der Waals surface area contributed by atoms with Crippen molar-refractivity contribution in [3.05, 3.63) is 18.2 Å². The van der Waals surface area contributed by atoms with E-state index >= 15 is 0 Å². The molecular weight excluding hydrogens is 408 g/mol. The van der Waals surface area contributed by atoms with Crippen LogP contribution in [0, 0.1) is 5.92 Å². The largest absolute Gasteiger partial charge is 0.490 e. The number of carbonyl (C=O) groups excluding carboxylic acids is 1. The van der Waals surface area contributed by atoms with Crippen LogP contribution in [0.25, 0.3) is 0 Å². The Bertz CT molecular complexity index is 750. The van der Waals surface area contributed by atoms with Crippen LogP contribution in [0.3, 0.4) is 0 Å². The van der Waals surface area contributed by atoms with E-state index in [4.69, 9.17) is 14.2 Å². The molecular formula is C24H38N4O4. The molecule has 32 heavy (non-hydrogen) atoms. The Morgan fingerprint density at radius 1 is 1.19 bits per heavy atom. The van der Waals surface area contributed by atoms with E-state index in [0.29, 0.717) is 57.1 Å². The Labute approximate surface area is 191 Å². The number of hydrogen-bond acceptors (Lipinski definition) is 5. The second kappa shape index (κ2) is 13.2. The summed E-state index contributed by atoms with van der Waals surface area (Å²) in [4.78, 5) is 16.5. The third-order valence-electron chi connectivity index (χ3n) is 4.99. The number of fused-ring (bicyclic) bond motifs is 1. The van der Waals surface area contributed by atoms with Crippen LogP contribution in [-0.4, -0.2) is 57.4 Å². The second-order valence-corrected chi connectivity index (χ2v) is 8.76. The first kappa shape index (κ1) is 24.2. The SMILES string of the molecule is CC(C)COCCCNC(=NCCCC(=O)NC1CC1)Nc1ccc2c(c1)OCCCO2. The first-order valence-corrected chi connectivity index (χ1v) is 11.9.